The number of carbonyl (C=O) groups excluding carboxylic acids is 4. The molecule has 1 atom stereocenters. The molecule has 288 valence electrons. The van der Waals surface area contributed by atoms with Crippen LogP contribution in [0, 0.1) is 13.8 Å². The first-order chi connectivity index (χ1) is 26.0. The van der Waals surface area contributed by atoms with Gasteiger partial charge in [-0.15, -0.1) is 0 Å². The molecule has 0 aliphatic carbocycles. The van der Waals surface area contributed by atoms with Crippen molar-refractivity contribution in [3.63, 3.8) is 0 Å². The minimum atomic E-state index is -1.06. The third kappa shape index (κ3) is 9.25. The molecule has 3 aliphatic rings. The average Bonchev–Trinajstić information content (AvgIpc) is 3.34. The fourth-order valence-corrected chi connectivity index (χ4v) is 7.45. The third-order valence-electron chi connectivity index (χ3n) is 10.6. The molecule has 4 amide bonds. The smallest absolute Gasteiger partial charge is 0.410 e. The number of aromatic hydroxyl groups is 1. The Labute approximate surface area is 317 Å². The van der Waals surface area contributed by atoms with Crippen molar-refractivity contribution < 1.29 is 33.8 Å². The van der Waals surface area contributed by atoms with Gasteiger partial charge in [0.1, 0.15) is 12.4 Å². The maximum absolute atomic E-state index is 14.1. The zero-order valence-electron chi connectivity index (χ0n) is 31.8. The van der Waals surface area contributed by atoms with Crippen molar-refractivity contribution in [3.05, 3.63) is 88.5 Å². The van der Waals surface area contributed by atoms with E-state index in [4.69, 9.17) is 9.47 Å². The van der Waals surface area contributed by atoms with E-state index in [1.807, 2.05) is 86.3 Å². The molecule has 13 heteroatoms. The second-order valence-corrected chi connectivity index (χ2v) is 14.7. The van der Waals surface area contributed by atoms with Gasteiger partial charge in [-0.1, -0.05) is 30.3 Å². The predicted octanol–water partition coefficient (Wildman–Crippen LogP) is 4.68. The molecular formula is C41H52N6O7. The number of carbonyl (C=O) groups is 4. The molecule has 3 heterocycles. The number of piperazine rings is 1. The molecule has 0 unspecified atom stereocenters. The van der Waals surface area contributed by atoms with Gasteiger partial charge in [0.15, 0.2) is 6.10 Å². The summed E-state index contributed by atoms with van der Waals surface area (Å²) < 4.78 is 11.4. The maximum atomic E-state index is 14.1. The number of piperidine rings is 1. The number of anilines is 2. The van der Waals surface area contributed by atoms with Gasteiger partial charge in [0.05, 0.1) is 5.56 Å². The van der Waals surface area contributed by atoms with Crippen molar-refractivity contribution in [2.45, 2.75) is 51.7 Å². The molecule has 0 spiro atoms. The first kappa shape index (κ1) is 38.4. The minimum Gasteiger partial charge on any atom is -0.507 e. The van der Waals surface area contributed by atoms with Gasteiger partial charge in [0, 0.05) is 76.2 Å². The number of nitrogens with zero attached hydrogens (tertiary/aromatic N) is 5. The first-order valence-electron chi connectivity index (χ1n) is 18.8. The summed E-state index contributed by atoms with van der Waals surface area (Å²) in [5.41, 5.74) is 5.53. The molecule has 2 N–H and O–H groups in total. The molecule has 0 saturated carbocycles. The van der Waals surface area contributed by atoms with Crippen molar-refractivity contribution in [1.82, 2.24) is 19.6 Å². The van der Waals surface area contributed by atoms with Crippen LogP contribution in [0.5, 0.6) is 5.75 Å². The Morgan fingerprint density at radius 2 is 1.56 bits per heavy atom. The van der Waals surface area contributed by atoms with Crippen molar-refractivity contribution >= 4 is 35.4 Å². The van der Waals surface area contributed by atoms with E-state index in [-0.39, 0.29) is 36.1 Å². The fourth-order valence-electron chi connectivity index (χ4n) is 7.45. The summed E-state index contributed by atoms with van der Waals surface area (Å²) in [6, 6.07) is 18.6. The van der Waals surface area contributed by atoms with Gasteiger partial charge >= 0.3 is 18.1 Å². The van der Waals surface area contributed by atoms with Gasteiger partial charge in [-0.2, -0.15) is 0 Å². The summed E-state index contributed by atoms with van der Waals surface area (Å²) in [5.74, 6) is -0.425. The van der Waals surface area contributed by atoms with Crippen molar-refractivity contribution in [3.8, 4) is 5.75 Å². The van der Waals surface area contributed by atoms with Gasteiger partial charge in [-0.05, 0) is 99.8 Å². The number of esters is 1. The third-order valence-corrected chi connectivity index (χ3v) is 10.6. The number of rotatable bonds is 10. The number of hydrogen-bond donors (Lipinski definition) is 2. The van der Waals surface area contributed by atoms with Gasteiger partial charge in [-0.25, -0.2) is 14.4 Å². The van der Waals surface area contributed by atoms with Gasteiger partial charge in [-0.3, -0.25) is 4.79 Å². The van der Waals surface area contributed by atoms with E-state index in [9.17, 15) is 24.3 Å². The van der Waals surface area contributed by atoms with Gasteiger partial charge < -0.3 is 44.4 Å². The average molecular weight is 741 g/mol. The van der Waals surface area contributed by atoms with Crippen LogP contribution in [0.4, 0.5) is 21.0 Å². The zero-order valence-corrected chi connectivity index (χ0v) is 31.8. The topological polar surface area (TPSA) is 135 Å². The zero-order chi connectivity index (χ0) is 38.4. The lowest BCUT2D eigenvalue weighted by Crippen LogP contribution is -2.54. The van der Waals surface area contributed by atoms with E-state index >= 15 is 0 Å². The number of nitrogens with one attached hydrogen (secondary N) is 1. The predicted molar refractivity (Wildman–Crippen MR) is 206 cm³/mol. The number of fused-ring (bicyclic) bond motifs is 1. The van der Waals surface area contributed by atoms with E-state index in [0.717, 1.165) is 28.9 Å². The molecule has 3 aliphatic heterocycles. The number of ether oxygens (including phenoxy) is 2. The van der Waals surface area contributed by atoms with Crippen LogP contribution in [0.15, 0.2) is 60.7 Å². The number of phenolic OH excluding ortho intramolecular Hbond substituents is 1. The molecule has 3 aromatic rings. The number of likely N-dealkylation sites (N-methyl/N-ethyl adjacent to an activating group) is 1. The van der Waals surface area contributed by atoms with Crippen LogP contribution in [0.25, 0.3) is 0 Å². The van der Waals surface area contributed by atoms with E-state index in [0.29, 0.717) is 88.5 Å². The highest BCUT2D eigenvalue weighted by Crippen LogP contribution is 2.27. The second kappa shape index (κ2) is 17.2. The van der Waals surface area contributed by atoms with E-state index in [2.05, 4.69) is 10.2 Å². The molecule has 2 saturated heterocycles. The van der Waals surface area contributed by atoms with Crippen molar-refractivity contribution in [2.75, 3.05) is 83.3 Å². The number of phenols is 1. The maximum Gasteiger partial charge on any atom is 0.410 e. The minimum absolute atomic E-state index is 0.0156. The van der Waals surface area contributed by atoms with Crippen LogP contribution < -0.4 is 10.2 Å². The highest BCUT2D eigenvalue weighted by atomic mass is 16.6. The Kier molecular flexibility index (Phi) is 12.3. The summed E-state index contributed by atoms with van der Waals surface area (Å²) in [5, 5.41) is 13.4. The first-order valence-corrected chi connectivity index (χ1v) is 18.8. The molecule has 0 radical (unpaired) electrons. The number of benzene rings is 3. The Hall–Kier alpha value is -5.30. The summed E-state index contributed by atoms with van der Waals surface area (Å²) in [6.45, 7) is 8.00. The summed E-state index contributed by atoms with van der Waals surface area (Å²) in [6.07, 6.45) is 0.529. The second-order valence-electron chi connectivity index (χ2n) is 14.7. The molecule has 0 aromatic heterocycles. The lowest BCUT2D eigenvalue weighted by atomic mass is 10.0. The molecular weight excluding hydrogens is 688 g/mol. The van der Waals surface area contributed by atoms with E-state index in [1.165, 1.54) is 0 Å². The summed E-state index contributed by atoms with van der Waals surface area (Å²) in [4.78, 5) is 62.7. The van der Waals surface area contributed by atoms with Crippen molar-refractivity contribution in [2.24, 2.45) is 0 Å². The summed E-state index contributed by atoms with van der Waals surface area (Å²) >= 11 is 0. The lowest BCUT2D eigenvalue weighted by molar-refractivity contribution is -0.141. The Balaban J connectivity index is 1.07. The van der Waals surface area contributed by atoms with E-state index in [1.54, 1.807) is 21.9 Å². The highest BCUT2D eigenvalue weighted by Gasteiger charge is 2.35. The highest BCUT2D eigenvalue weighted by molar-refractivity contribution is 5.91. The number of aryl methyl sites for hydroxylation is 2. The largest absolute Gasteiger partial charge is 0.507 e. The molecule has 0 bridgehead atoms. The number of urea groups is 1. The molecule has 2 fully saturated rings. The quantitative estimate of drug-likeness (QED) is 0.284. The van der Waals surface area contributed by atoms with Crippen LogP contribution in [0.3, 0.4) is 0 Å². The molecule has 54 heavy (non-hydrogen) atoms. The van der Waals surface area contributed by atoms with Crippen LogP contribution in [-0.2, 0) is 27.1 Å². The van der Waals surface area contributed by atoms with Crippen LogP contribution in [0.1, 0.15) is 45.5 Å². The standard InChI is InChI=1S/C41H52N6O7/c1-28-25-30(26-29(2)37(28)48)27-36(38(49)45-21-19-44(20-22-45)33-11-9-32(10-12-33)39(50)53-24-23-43(3)4)54-41(52)46-16-14-34(15-17-46)47-18-13-31-7-5-6-8-35(31)42-40(47)51/h5-12,25-26,34,36,48H,13-24,27H2,1-4H3,(H,42,51)/t36-/m1/s1. The summed E-state index contributed by atoms with van der Waals surface area (Å²) in [7, 11) is 3.84. The monoisotopic (exact) mass is 740 g/mol. The lowest BCUT2D eigenvalue weighted by Gasteiger charge is -2.39. The number of amides is 4. The number of hydrogen-bond acceptors (Lipinski definition) is 9. The normalized spacial score (nSPS) is 17.1. The van der Waals surface area contributed by atoms with Crippen LogP contribution in [-0.4, -0.2) is 134 Å². The van der Waals surface area contributed by atoms with Crippen molar-refractivity contribution in [1.29, 1.82) is 0 Å². The molecule has 13 nitrogen and oxygen atoms in total. The van der Waals surface area contributed by atoms with Crippen LogP contribution >= 0.6 is 0 Å². The fraction of sp³-hybridized carbons (Fsp3) is 0.463. The number of likely N-dealkylation sites (tertiary alicyclic amines) is 1. The Bertz CT molecular complexity index is 1790. The SMILES string of the molecule is Cc1cc(C[C@@H](OC(=O)N2CCC(N3CCc4ccccc4NC3=O)CC2)C(=O)N2CCN(c3ccc(C(=O)OCCN(C)C)cc3)CC2)cc(C)c1O. The Morgan fingerprint density at radius 3 is 2.22 bits per heavy atom. The number of para-hydroxylation sites is 1. The van der Waals surface area contributed by atoms with Gasteiger partial charge in [0.2, 0.25) is 0 Å². The Morgan fingerprint density at radius 1 is 0.889 bits per heavy atom. The van der Waals surface area contributed by atoms with Crippen LogP contribution in [0.2, 0.25) is 0 Å². The molecule has 6 rings (SSSR count). The molecule has 3 aromatic carbocycles. The van der Waals surface area contributed by atoms with Gasteiger partial charge in [0.25, 0.3) is 5.91 Å². The van der Waals surface area contributed by atoms with E-state index < -0.39 is 12.2 Å².